The van der Waals surface area contributed by atoms with Crippen molar-refractivity contribution in [1.82, 2.24) is 0 Å². The molecular weight excluding hydrogens is 156 g/mol. The minimum absolute atomic E-state index is 0.954. The molecule has 1 saturated carbocycles. The first-order valence-electron chi connectivity index (χ1n) is 6.16. The molecule has 78 valence electrons. The Morgan fingerprint density at radius 2 is 1.69 bits per heavy atom. The van der Waals surface area contributed by atoms with Gasteiger partial charge in [0.05, 0.1) is 0 Å². The average molecular weight is 182 g/mol. The van der Waals surface area contributed by atoms with E-state index in [0.717, 1.165) is 23.7 Å². The molecule has 0 bridgehead atoms. The van der Waals surface area contributed by atoms with E-state index in [-0.39, 0.29) is 0 Å². The zero-order valence-electron chi connectivity index (χ0n) is 9.84. The summed E-state index contributed by atoms with van der Waals surface area (Å²) in [6.45, 7) is 9.66. The molecule has 13 heavy (non-hydrogen) atoms. The van der Waals surface area contributed by atoms with Crippen molar-refractivity contribution in [3.63, 3.8) is 0 Å². The lowest BCUT2D eigenvalue weighted by Gasteiger charge is -2.38. The van der Waals surface area contributed by atoms with Crippen LogP contribution in [0.25, 0.3) is 0 Å². The summed E-state index contributed by atoms with van der Waals surface area (Å²) in [6.07, 6.45) is 7.25. The van der Waals surface area contributed by atoms with Crippen molar-refractivity contribution in [2.45, 2.75) is 59.8 Å². The lowest BCUT2D eigenvalue weighted by Crippen LogP contribution is -2.29. The summed E-state index contributed by atoms with van der Waals surface area (Å²) >= 11 is 0. The summed E-state index contributed by atoms with van der Waals surface area (Å²) in [7, 11) is 0. The first-order valence-corrected chi connectivity index (χ1v) is 6.16. The van der Waals surface area contributed by atoms with Crippen LogP contribution >= 0.6 is 0 Å². The summed E-state index contributed by atoms with van der Waals surface area (Å²) in [5.74, 6) is 3.92. The summed E-state index contributed by atoms with van der Waals surface area (Å²) in [4.78, 5) is 0. The lowest BCUT2D eigenvalue weighted by atomic mass is 9.67. The standard InChI is InChI=1S/C13H26/c1-5-6-7-13-9-8-10(2)11(3)12(13)4/h10-13H,5-9H2,1-4H3. The van der Waals surface area contributed by atoms with Crippen LogP contribution in [-0.4, -0.2) is 0 Å². The predicted octanol–water partition coefficient (Wildman–Crippen LogP) is 4.49. The molecule has 0 aromatic heterocycles. The van der Waals surface area contributed by atoms with Crippen LogP contribution in [0.1, 0.15) is 59.8 Å². The van der Waals surface area contributed by atoms with Gasteiger partial charge in [-0.1, -0.05) is 53.4 Å². The Morgan fingerprint density at radius 1 is 1.00 bits per heavy atom. The van der Waals surface area contributed by atoms with Gasteiger partial charge in [-0.3, -0.25) is 0 Å². The molecule has 1 fully saturated rings. The summed E-state index contributed by atoms with van der Waals surface area (Å²) in [5, 5.41) is 0. The SMILES string of the molecule is CCCCC1CCC(C)C(C)C1C. The van der Waals surface area contributed by atoms with Gasteiger partial charge >= 0.3 is 0 Å². The fourth-order valence-corrected chi connectivity index (χ4v) is 2.82. The van der Waals surface area contributed by atoms with E-state index < -0.39 is 0 Å². The van der Waals surface area contributed by atoms with E-state index in [1.54, 1.807) is 0 Å². The third-order valence-electron chi connectivity index (χ3n) is 4.39. The number of rotatable bonds is 3. The summed E-state index contributed by atoms with van der Waals surface area (Å²) in [5.41, 5.74) is 0. The quantitative estimate of drug-likeness (QED) is 0.603. The van der Waals surface area contributed by atoms with Crippen LogP contribution in [0.2, 0.25) is 0 Å². The van der Waals surface area contributed by atoms with Gasteiger partial charge in [0, 0.05) is 0 Å². The first-order chi connectivity index (χ1) is 6.16. The van der Waals surface area contributed by atoms with Gasteiger partial charge in [-0.15, -0.1) is 0 Å². The highest BCUT2D eigenvalue weighted by Crippen LogP contribution is 2.40. The highest BCUT2D eigenvalue weighted by Gasteiger charge is 2.30. The molecule has 0 heteroatoms. The Balaban J connectivity index is 2.39. The summed E-state index contributed by atoms with van der Waals surface area (Å²) in [6, 6.07) is 0. The normalized spacial score (nSPS) is 40.6. The van der Waals surface area contributed by atoms with Gasteiger partial charge in [-0.25, -0.2) is 0 Å². The van der Waals surface area contributed by atoms with Gasteiger partial charge in [0.15, 0.2) is 0 Å². The van der Waals surface area contributed by atoms with Crippen LogP contribution in [0, 0.1) is 23.7 Å². The van der Waals surface area contributed by atoms with Crippen LogP contribution in [-0.2, 0) is 0 Å². The van der Waals surface area contributed by atoms with Gasteiger partial charge in [-0.2, -0.15) is 0 Å². The minimum Gasteiger partial charge on any atom is -0.0654 e. The third-order valence-corrected chi connectivity index (χ3v) is 4.39. The number of hydrogen-bond donors (Lipinski definition) is 0. The molecule has 1 aliphatic rings. The fourth-order valence-electron chi connectivity index (χ4n) is 2.82. The fraction of sp³-hybridized carbons (Fsp3) is 1.00. The first kappa shape index (κ1) is 11.1. The van der Waals surface area contributed by atoms with Crippen molar-refractivity contribution in [3.8, 4) is 0 Å². The third kappa shape index (κ3) is 2.72. The van der Waals surface area contributed by atoms with Crippen LogP contribution in [0.15, 0.2) is 0 Å². The highest BCUT2D eigenvalue weighted by atomic mass is 14.4. The Kier molecular flexibility index (Phi) is 4.28. The zero-order valence-corrected chi connectivity index (χ0v) is 9.84. The molecule has 0 heterocycles. The van der Waals surface area contributed by atoms with Crippen molar-refractivity contribution in [2.75, 3.05) is 0 Å². The van der Waals surface area contributed by atoms with E-state index in [2.05, 4.69) is 27.7 Å². The maximum atomic E-state index is 2.47. The van der Waals surface area contributed by atoms with Crippen molar-refractivity contribution in [1.29, 1.82) is 0 Å². The molecule has 0 nitrogen and oxygen atoms in total. The second kappa shape index (κ2) is 5.02. The molecule has 0 saturated heterocycles. The Hall–Kier alpha value is 0. The second-order valence-corrected chi connectivity index (χ2v) is 5.18. The lowest BCUT2D eigenvalue weighted by molar-refractivity contribution is 0.117. The molecule has 1 aliphatic carbocycles. The van der Waals surface area contributed by atoms with E-state index in [1.807, 2.05) is 0 Å². The molecule has 1 rings (SSSR count). The van der Waals surface area contributed by atoms with E-state index in [9.17, 15) is 0 Å². The molecule has 0 aromatic carbocycles. The van der Waals surface area contributed by atoms with Gasteiger partial charge in [0.25, 0.3) is 0 Å². The van der Waals surface area contributed by atoms with Crippen LogP contribution in [0.4, 0.5) is 0 Å². The van der Waals surface area contributed by atoms with Crippen molar-refractivity contribution in [3.05, 3.63) is 0 Å². The predicted molar refractivity (Wildman–Crippen MR) is 59.7 cm³/mol. The molecule has 4 atom stereocenters. The van der Waals surface area contributed by atoms with Crippen molar-refractivity contribution < 1.29 is 0 Å². The maximum Gasteiger partial charge on any atom is -0.0386 e. The molecule has 0 N–H and O–H groups in total. The molecule has 0 spiro atoms. The molecule has 0 amide bonds. The van der Waals surface area contributed by atoms with Crippen LogP contribution < -0.4 is 0 Å². The average Bonchev–Trinajstić information content (AvgIpc) is 2.13. The van der Waals surface area contributed by atoms with Crippen LogP contribution in [0.3, 0.4) is 0 Å². The number of unbranched alkanes of at least 4 members (excludes halogenated alkanes) is 1. The minimum atomic E-state index is 0.954. The molecule has 0 radical (unpaired) electrons. The Bertz CT molecular complexity index is 137. The van der Waals surface area contributed by atoms with E-state index in [0.29, 0.717) is 0 Å². The maximum absolute atomic E-state index is 2.47. The molecule has 4 unspecified atom stereocenters. The van der Waals surface area contributed by atoms with Crippen molar-refractivity contribution in [2.24, 2.45) is 23.7 Å². The van der Waals surface area contributed by atoms with Crippen molar-refractivity contribution >= 4 is 0 Å². The topological polar surface area (TPSA) is 0 Å². The van der Waals surface area contributed by atoms with Gasteiger partial charge in [-0.05, 0) is 30.1 Å². The monoisotopic (exact) mass is 182 g/mol. The van der Waals surface area contributed by atoms with E-state index in [1.165, 1.54) is 32.1 Å². The van der Waals surface area contributed by atoms with E-state index in [4.69, 9.17) is 0 Å². The smallest absolute Gasteiger partial charge is 0.0386 e. The van der Waals surface area contributed by atoms with Crippen LogP contribution in [0.5, 0.6) is 0 Å². The van der Waals surface area contributed by atoms with Gasteiger partial charge < -0.3 is 0 Å². The largest absolute Gasteiger partial charge is 0.0654 e. The number of hydrogen-bond acceptors (Lipinski definition) is 0. The molecule has 0 aliphatic heterocycles. The summed E-state index contributed by atoms with van der Waals surface area (Å²) < 4.78 is 0. The van der Waals surface area contributed by atoms with E-state index >= 15 is 0 Å². The second-order valence-electron chi connectivity index (χ2n) is 5.18. The zero-order chi connectivity index (χ0) is 9.84. The molecular formula is C13H26. The molecule has 0 aromatic rings. The highest BCUT2D eigenvalue weighted by molar-refractivity contribution is 4.80. The van der Waals surface area contributed by atoms with Gasteiger partial charge in [0.2, 0.25) is 0 Å². The van der Waals surface area contributed by atoms with Gasteiger partial charge in [0.1, 0.15) is 0 Å². The Morgan fingerprint density at radius 3 is 2.31 bits per heavy atom. The Labute approximate surface area is 84.1 Å².